The van der Waals surface area contributed by atoms with Crippen LogP contribution in [-0.4, -0.2) is 11.3 Å². The van der Waals surface area contributed by atoms with E-state index >= 15 is 0 Å². The van der Waals surface area contributed by atoms with Gasteiger partial charge in [0.1, 0.15) is 0 Å². The van der Waals surface area contributed by atoms with Gasteiger partial charge >= 0.3 is 0 Å². The first kappa shape index (κ1) is 23.0. The Morgan fingerprint density at radius 2 is 1.39 bits per heavy atom. The number of hydrogen-bond donors (Lipinski definition) is 0. The summed E-state index contributed by atoms with van der Waals surface area (Å²) in [5, 5.41) is 0. The van der Waals surface area contributed by atoms with Gasteiger partial charge in [-0.2, -0.15) is 0 Å². The smallest absolute Gasteiger partial charge is 0.00874 e. The van der Waals surface area contributed by atoms with E-state index in [1.54, 1.807) is 16.7 Å². The molecule has 1 heteroatoms. The van der Waals surface area contributed by atoms with E-state index in [9.17, 15) is 0 Å². The summed E-state index contributed by atoms with van der Waals surface area (Å²) in [5.74, 6) is 1.92. The van der Waals surface area contributed by atoms with Gasteiger partial charge in [-0.05, 0) is 82.6 Å². The molecule has 0 N–H and O–H groups in total. The summed E-state index contributed by atoms with van der Waals surface area (Å²) >= 11 is 0. The van der Waals surface area contributed by atoms with Crippen molar-refractivity contribution >= 4 is 8.58 Å². The molecular formula is C30H43P. The minimum Gasteiger partial charge on any atom is -0.115 e. The Labute approximate surface area is 193 Å². The monoisotopic (exact) mass is 434 g/mol. The van der Waals surface area contributed by atoms with Crippen LogP contribution in [0.1, 0.15) is 120 Å². The minimum absolute atomic E-state index is 0.580. The van der Waals surface area contributed by atoms with Gasteiger partial charge in [-0.3, -0.25) is 0 Å². The van der Waals surface area contributed by atoms with Crippen LogP contribution in [0, 0.1) is 0 Å². The lowest BCUT2D eigenvalue weighted by Crippen LogP contribution is -2.25. The highest BCUT2D eigenvalue weighted by Crippen LogP contribution is 2.52. The lowest BCUT2D eigenvalue weighted by Gasteiger charge is -2.39. The molecule has 0 saturated heterocycles. The van der Waals surface area contributed by atoms with Crippen molar-refractivity contribution in [2.45, 2.75) is 115 Å². The maximum atomic E-state index is 2.47. The molecule has 4 rings (SSSR count). The molecule has 0 heterocycles. The van der Waals surface area contributed by atoms with Gasteiger partial charge in [0.2, 0.25) is 0 Å². The Balaban J connectivity index is 1.81. The fourth-order valence-corrected chi connectivity index (χ4v) is 8.60. The van der Waals surface area contributed by atoms with Crippen LogP contribution in [0.5, 0.6) is 0 Å². The lowest BCUT2D eigenvalue weighted by atomic mass is 9.73. The zero-order valence-electron chi connectivity index (χ0n) is 20.3. The second-order valence-corrected chi connectivity index (χ2v) is 12.6. The molecule has 0 nitrogen and oxygen atoms in total. The SMILES string of the molecule is CC(C)c1ccc(-c2ccccc2)c(C2CCCCC2PC2CCCCC2)c1C(C)C. The standard InChI is InChI=1S/C30H43P/c1-21(2)25-19-20-26(23-13-7-5-8-14-23)30(29(25)22(3)4)27-17-11-12-18-28(27)31-24-15-9-6-10-16-24/h5,7-8,13-14,19-22,24,27-28,31H,6,9-12,15-18H2,1-4H3. The molecule has 0 bridgehead atoms. The van der Waals surface area contributed by atoms with Crippen molar-refractivity contribution < 1.29 is 0 Å². The minimum atomic E-state index is 0.580. The van der Waals surface area contributed by atoms with E-state index in [4.69, 9.17) is 0 Å². The first-order valence-corrected chi connectivity index (χ1v) is 14.2. The number of hydrogen-bond acceptors (Lipinski definition) is 0. The second-order valence-electron chi connectivity index (χ2n) is 10.7. The molecule has 0 radical (unpaired) electrons. The van der Waals surface area contributed by atoms with Crippen LogP contribution in [0.3, 0.4) is 0 Å². The molecule has 0 spiro atoms. The Bertz CT molecular complexity index is 829. The molecule has 2 aliphatic rings. The third-order valence-corrected chi connectivity index (χ3v) is 9.96. The Morgan fingerprint density at radius 3 is 2.06 bits per heavy atom. The van der Waals surface area contributed by atoms with Gasteiger partial charge in [0, 0.05) is 0 Å². The second kappa shape index (κ2) is 10.7. The van der Waals surface area contributed by atoms with Gasteiger partial charge in [-0.25, -0.2) is 0 Å². The van der Waals surface area contributed by atoms with Gasteiger partial charge in [0.25, 0.3) is 0 Å². The Morgan fingerprint density at radius 1 is 0.710 bits per heavy atom. The van der Waals surface area contributed by atoms with Crippen molar-refractivity contribution in [1.29, 1.82) is 0 Å². The summed E-state index contributed by atoms with van der Waals surface area (Å²) in [4.78, 5) is 0. The molecule has 0 amide bonds. The molecule has 3 unspecified atom stereocenters. The molecule has 2 fully saturated rings. The average Bonchev–Trinajstić information content (AvgIpc) is 2.79. The summed E-state index contributed by atoms with van der Waals surface area (Å²) in [6.45, 7) is 9.63. The maximum absolute atomic E-state index is 2.47. The van der Waals surface area contributed by atoms with E-state index in [-0.39, 0.29) is 0 Å². The molecule has 31 heavy (non-hydrogen) atoms. The van der Waals surface area contributed by atoms with E-state index in [2.05, 4.69) is 70.2 Å². The molecule has 2 saturated carbocycles. The number of rotatable bonds is 6. The van der Waals surface area contributed by atoms with Gasteiger partial charge in [0.05, 0.1) is 0 Å². The molecule has 0 aromatic heterocycles. The lowest BCUT2D eigenvalue weighted by molar-refractivity contribution is 0.442. The zero-order chi connectivity index (χ0) is 21.8. The molecule has 3 atom stereocenters. The predicted octanol–water partition coefficient (Wildman–Crippen LogP) is 9.64. The van der Waals surface area contributed by atoms with Crippen molar-refractivity contribution in [2.75, 3.05) is 0 Å². The van der Waals surface area contributed by atoms with Crippen molar-refractivity contribution in [1.82, 2.24) is 0 Å². The predicted molar refractivity (Wildman–Crippen MR) is 140 cm³/mol. The largest absolute Gasteiger partial charge is 0.115 e. The molecule has 0 aliphatic heterocycles. The van der Waals surface area contributed by atoms with Gasteiger partial charge in [-0.1, -0.05) is 102 Å². The van der Waals surface area contributed by atoms with Crippen molar-refractivity contribution in [3.8, 4) is 11.1 Å². The average molecular weight is 435 g/mol. The topological polar surface area (TPSA) is 0 Å². The summed E-state index contributed by atoms with van der Waals surface area (Å²) in [6.07, 6.45) is 13.1. The molecule has 2 aliphatic carbocycles. The van der Waals surface area contributed by atoms with Crippen molar-refractivity contribution in [3.63, 3.8) is 0 Å². The normalized spacial score (nSPS) is 23.3. The van der Waals surface area contributed by atoms with Crippen LogP contribution in [0.4, 0.5) is 0 Å². The third kappa shape index (κ3) is 5.27. The van der Waals surface area contributed by atoms with E-state index < -0.39 is 0 Å². The third-order valence-electron chi connectivity index (χ3n) is 7.80. The first-order chi connectivity index (χ1) is 15.1. The van der Waals surface area contributed by atoms with Crippen molar-refractivity contribution in [3.05, 3.63) is 59.2 Å². The molecule has 2 aromatic carbocycles. The summed E-state index contributed by atoms with van der Waals surface area (Å²) in [7, 11) is 1.17. The van der Waals surface area contributed by atoms with Gasteiger partial charge < -0.3 is 0 Å². The van der Waals surface area contributed by atoms with Crippen LogP contribution in [-0.2, 0) is 0 Å². The van der Waals surface area contributed by atoms with E-state index in [1.165, 1.54) is 77.5 Å². The van der Waals surface area contributed by atoms with E-state index in [0.29, 0.717) is 11.8 Å². The van der Waals surface area contributed by atoms with Crippen LogP contribution in [0.15, 0.2) is 42.5 Å². The highest BCUT2D eigenvalue weighted by atomic mass is 31.1. The molecule has 2 aromatic rings. The van der Waals surface area contributed by atoms with Crippen molar-refractivity contribution in [2.24, 2.45) is 0 Å². The van der Waals surface area contributed by atoms with Crippen LogP contribution >= 0.6 is 8.58 Å². The van der Waals surface area contributed by atoms with E-state index in [1.807, 2.05) is 0 Å². The fraction of sp³-hybridized carbons (Fsp3) is 0.600. The summed E-state index contributed by atoms with van der Waals surface area (Å²) in [6, 6.07) is 16.2. The van der Waals surface area contributed by atoms with Crippen LogP contribution in [0.2, 0.25) is 0 Å². The van der Waals surface area contributed by atoms with E-state index in [0.717, 1.165) is 17.2 Å². The molecule has 168 valence electrons. The zero-order valence-corrected chi connectivity index (χ0v) is 21.3. The quantitative estimate of drug-likeness (QED) is 0.397. The summed E-state index contributed by atoms with van der Waals surface area (Å²) in [5.41, 5.74) is 9.87. The summed E-state index contributed by atoms with van der Waals surface area (Å²) < 4.78 is 0. The maximum Gasteiger partial charge on any atom is -0.00874 e. The van der Waals surface area contributed by atoms with Gasteiger partial charge in [-0.15, -0.1) is 8.58 Å². The molecular weight excluding hydrogens is 391 g/mol. The van der Waals surface area contributed by atoms with Crippen LogP contribution < -0.4 is 0 Å². The van der Waals surface area contributed by atoms with Gasteiger partial charge in [0.15, 0.2) is 0 Å². The number of benzene rings is 2. The first-order valence-electron chi connectivity index (χ1n) is 13.0. The highest BCUT2D eigenvalue weighted by molar-refractivity contribution is 7.39. The Hall–Kier alpha value is -1.13. The highest BCUT2D eigenvalue weighted by Gasteiger charge is 2.33. The fourth-order valence-electron chi connectivity index (χ4n) is 6.32. The Kier molecular flexibility index (Phi) is 7.92. The van der Waals surface area contributed by atoms with Crippen LogP contribution in [0.25, 0.3) is 11.1 Å².